The molecule has 7 nitrogen and oxygen atoms in total. The van der Waals surface area contributed by atoms with Gasteiger partial charge >= 0.3 is 11.8 Å². The number of benzene rings is 3. The molecule has 32 heavy (non-hydrogen) atoms. The van der Waals surface area contributed by atoms with Crippen LogP contribution in [0.25, 0.3) is 0 Å². The van der Waals surface area contributed by atoms with Crippen LogP contribution in [0.15, 0.2) is 71.8 Å². The number of carbonyl (C=O) groups is 3. The number of para-hydroxylation sites is 1. The minimum Gasteiger partial charge on any atom is -0.322 e. The molecular formula is C22H15Cl3N4O3. The standard InChI is InChI=1S/C22H15Cl3N4O3/c23-14-7-9-16(10-8-14)27-20(30)17-3-1-2-4-19(17)28-21(31)22(32)29-26-12-13-5-6-15(24)11-18(13)25/h1-12H,(H,27,30)(H,28,31)(H,29,32)/b26-12+. The second kappa shape index (κ2) is 10.8. The number of hydrogen-bond donors (Lipinski definition) is 3. The zero-order chi connectivity index (χ0) is 23.1. The third kappa shape index (κ3) is 6.31. The van der Waals surface area contributed by atoms with E-state index in [4.69, 9.17) is 34.8 Å². The molecule has 3 aromatic carbocycles. The molecule has 0 aromatic heterocycles. The summed E-state index contributed by atoms with van der Waals surface area (Å²) in [5.41, 5.74) is 3.45. The maximum atomic E-state index is 12.6. The molecule has 3 amide bonds. The van der Waals surface area contributed by atoms with E-state index in [0.717, 1.165) is 0 Å². The van der Waals surface area contributed by atoms with Crippen molar-refractivity contribution in [1.82, 2.24) is 5.43 Å². The van der Waals surface area contributed by atoms with E-state index in [1.165, 1.54) is 24.4 Å². The SMILES string of the molecule is O=C(N/N=C/c1ccc(Cl)cc1Cl)C(=O)Nc1ccccc1C(=O)Nc1ccc(Cl)cc1. The summed E-state index contributed by atoms with van der Waals surface area (Å²) in [4.78, 5) is 36.9. The number of amides is 3. The van der Waals surface area contributed by atoms with Crippen LogP contribution in [0.3, 0.4) is 0 Å². The monoisotopic (exact) mass is 488 g/mol. The first-order chi connectivity index (χ1) is 15.3. The lowest BCUT2D eigenvalue weighted by atomic mass is 10.1. The molecule has 0 aliphatic carbocycles. The molecule has 0 fully saturated rings. The highest BCUT2D eigenvalue weighted by atomic mass is 35.5. The smallest absolute Gasteiger partial charge is 0.322 e. The van der Waals surface area contributed by atoms with Gasteiger partial charge in [-0.3, -0.25) is 14.4 Å². The van der Waals surface area contributed by atoms with E-state index in [9.17, 15) is 14.4 Å². The molecule has 0 aliphatic rings. The zero-order valence-corrected chi connectivity index (χ0v) is 18.5. The molecule has 0 spiro atoms. The van der Waals surface area contributed by atoms with Crippen LogP contribution in [-0.2, 0) is 9.59 Å². The number of nitrogens with zero attached hydrogens (tertiary/aromatic N) is 1. The normalized spacial score (nSPS) is 10.6. The van der Waals surface area contributed by atoms with E-state index < -0.39 is 17.7 Å². The fourth-order valence-corrected chi connectivity index (χ4v) is 3.10. The van der Waals surface area contributed by atoms with Gasteiger partial charge in [0.15, 0.2) is 0 Å². The first-order valence-corrected chi connectivity index (χ1v) is 10.2. The van der Waals surface area contributed by atoms with Gasteiger partial charge in [-0.1, -0.05) is 53.0 Å². The highest BCUT2D eigenvalue weighted by Gasteiger charge is 2.17. The van der Waals surface area contributed by atoms with Gasteiger partial charge in [0, 0.05) is 21.3 Å². The lowest BCUT2D eigenvalue weighted by molar-refractivity contribution is -0.136. The number of carbonyl (C=O) groups excluding carboxylic acids is 3. The first kappa shape index (κ1) is 23.3. The van der Waals surface area contributed by atoms with Crippen LogP contribution in [0.1, 0.15) is 15.9 Å². The molecular weight excluding hydrogens is 475 g/mol. The molecule has 0 atom stereocenters. The van der Waals surface area contributed by atoms with Gasteiger partial charge in [-0.05, 0) is 48.5 Å². The fourth-order valence-electron chi connectivity index (χ4n) is 2.52. The van der Waals surface area contributed by atoms with Crippen LogP contribution in [0.4, 0.5) is 11.4 Å². The second-order valence-electron chi connectivity index (χ2n) is 6.33. The third-order valence-electron chi connectivity index (χ3n) is 4.06. The van der Waals surface area contributed by atoms with Gasteiger partial charge in [-0.25, -0.2) is 5.43 Å². The molecule has 3 rings (SSSR count). The van der Waals surface area contributed by atoms with Crippen molar-refractivity contribution in [2.24, 2.45) is 5.10 Å². The Labute approximate surface area is 198 Å². The van der Waals surface area contributed by atoms with Gasteiger partial charge < -0.3 is 10.6 Å². The van der Waals surface area contributed by atoms with Crippen molar-refractivity contribution in [3.05, 3.63) is 92.9 Å². The maximum Gasteiger partial charge on any atom is 0.329 e. The molecule has 162 valence electrons. The minimum atomic E-state index is -1.03. The molecule has 0 saturated heterocycles. The van der Waals surface area contributed by atoms with Crippen LogP contribution in [0, 0.1) is 0 Å². The average molecular weight is 490 g/mol. The van der Waals surface area contributed by atoms with Gasteiger partial charge in [-0.2, -0.15) is 5.10 Å². The van der Waals surface area contributed by atoms with Crippen molar-refractivity contribution in [2.75, 3.05) is 10.6 Å². The number of rotatable bonds is 5. The second-order valence-corrected chi connectivity index (χ2v) is 7.61. The minimum absolute atomic E-state index is 0.156. The quantitative estimate of drug-likeness (QED) is 0.267. The number of hydrogen-bond acceptors (Lipinski definition) is 4. The van der Waals surface area contributed by atoms with E-state index in [1.807, 2.05) is 0 Å². The third-order valence-corrected chi connectivity index (χ3v) is 4.87. The molecule has 0 radical (unpaired) electrons. The number of halogens is 3. The summed E-state index contributed by atoms with van der Waals surface area (Å²) in [6, 6.07) is 17.5. The van der Waals surface area contributed by atoms with Crippen LogP contribution in [0.5, 0.6) is 0 Å². The largest absolute Gasteiger partial charge is 0.329 e. The summed E-state index contributed by atoms with van der Waals surface area (Å²) in [5.74, 6) is -2.51. The predicted molar refractivity (Wildman–Crippen MR) is 127 cm³/mol. The van der Waals surface area contributed by atoms with E-state index in [1.54, 1.807) is 48.5 Å². The Morgan fingerprint density at radius 3 is 2.19 bits per heavy atom. The van der Waals surface area contributed by atoms with Crippen molar-refractivity contribution in [3.63, 3.8) is 0 Å². The van der Waals surface area contributed by atoms with Crippen molar-refractivity contribution < 1.29 is 14.4 Å². The zero-order valence-electron chi connectivity index (χ0n) is 16.2. The molecule has 3 aromatic rings. The Morgan fingerprint density at radius 2 is 1.47 bits per heavy atom. The highest BCUT2D eigenvalue weighted by Crippen LogP contribution is 2.20. The predicted octanol–water partition coefficient (Wildman–Crippen LogP) is 4.99. The van der Waals surface area contributed by atoms with Crippen LogP contribution >= 0.6 is 34.8 Å². The Balaban J connectivity index is 1.64. The van der Waals surface area contributed by atoms with Gasteiger partial charge in [0.25, 0.3) is 5.91 Å². The summed E-state index contributed by atoms with van der Waals surface area (Å²) in [7, 11) is 0. The topological polar surface area (TPSA) is 99.7 Å². The van der Waals surface area contributed by atoms with E-state index in [0.29, 0.717) is 26.3 Å². The Hall–Kier alpha value is -3.39. The molecule has 0 heterocycles. The van der Waals surface area contributed by atoms with Crippen LogP contribution in [0.2, 0.25) is 15.1 Å². The van der Waals surface area contributed by atoms with Gasteiger partial charge in [-0.15, -0.1) is 0 Å². The first-order valence-electron chi connectivity index (χ1n) is 9.09. The van der Waals surface area contributed by atoms with Crippen molar-refractivity contribution in [3.8, 4) is 0 Å². The van der Waals surface area contributed by atoms with Gasteiger partial charge in [0.2, 0.25) is 0 Å². The van der Waals surface area contributed by atoms with Crippen LogP contribution in [-0.4, -0.2) is 23.9 Å². The average Bonchev–Trinajstić information content (AvgIpc) is 2.77. The maximum absolute atomic E-state index is 12.6. The Bertz CT molecular complexity index is 1200. The molecule has 0 unspecified atom stereocenters. The molecule has 10 heteroatoms. The summed E-state index contributed by atoms with van der Waals surface area (Å²) in [6.07, 6.45) is 1.28. The lowest BCUT2D eigenvalue weighted by Crippen LogP contribution is -2.33. The van der Waals surface area contributed by atoms with Crippen molar-refractivity contribution >= 4 is 70.1 Å². The van der Waals surface area contributed by atoms with E-state index in [-0.39, 0.29) is 11.3 Å². The molecule has 3 N–H and O–H groups in total. The van der Waals surface area contributed by atoms with Crippen LogP contribution < -0.4 is 16.1 Å². The lowest BCUT2D eigenvalue weighted by Gasteiger charge is -2.11. The summed E-state index contributed by atoms with van der Waals surface area (Å²) < 4.78 is 0. The molecule has 0 saturated carbocycles. The summed E-state index contributed by atoms with van der Waals surface area (Å²) >= 11 is 17.7. The summed E-state index contributed by atoms with van der Waals surface area (Å²) in [6.45, 7) is 0. The number of anilines is 2. The highest BCUT2D eigenvalue weighted by molar-refractivity contribution is 6.40. The Morgan fingerprint density at radius 1 is 0.781 bits per heavy atom. The number of hydrazone groups is 1. The molecule has 0 bridgehead atoms. The van der Waals surface area contributed by atoms with E-state index in [2.05, 4.69) is 21.2 Å². The van der Waals surface area contributed by atoms with Crippen molar-refractivity contribution in [1.29, 1.82) is 0 Å². The Kier molecular flexibility index (Phi) is 7.83. The number of nitrogens with one attached hydrogen (secondary N) is 3. The summed E-state index contributed by atoms with van der Waals surface area (Å²) in [5, 5.41) is 10.1. The molecule has 0 aliphatic heterocycles. The van der Waals surface area contributed by atoms with Gasteiger partial charge in [0.05, 0.1) is 22.5 Å². The van der Waals surface area contributed by atoms with Gasteiger partial charge in [0.1, 0.15) is 0 Å². The fraction of sp³-hybridized carbons (Fsp3) is 0. The van der Waals surface area contributed by atoms with Crippen molar-refractivity contribution in [2.45, 2.75) is 0 Å². The van der Waals surface area contributed by atoms with E-state index >= 15 is 0 Å².